The fourth-order valence-electron chi connectivity index (χ4n) is 2.81. The Kier molecular flexibility index (Phi) is 2.39. The van der Waals surface area contributed by atoms with E-state index in [4.69, 9.17) is 0 Å². The number of amides is 1. The number of carbonyl (C=O) groups excluding carboxylic acids is 1. The Balaban J connectivity index is 2.06. The van der Waals surface area contributed by atoms with Crippen molar-refractivity contribution in [1.82, 2.24) is 9.58 Å². The van der Waals surface area contributed by atoms with Crippen molar-refractivity contribution in [3.05, 3.63) is 28.2 Å². The van der Waals surface area contributed by atoms with Gasteiger partial charge in [0.1, 0.15) is 6.17 Å². The summed E-state index contributed by atoms with van der Waals surface area (Å²) in [7, 11) is 0. The lowest BCUT2D eigenvalue weighted by Crippen LogP contribution is -2.58. The van der Waals surface area contributed by atoms with Crippen LogP contribution < -0.4 is 10.9 Å². The standard InChI is InChI=1S/C13H17N3O3/c1-13(2)4-6-15-9(7-13)14-16-5-3-8(17)11(18)10(16)12(15)19/h3,5,9,14,18H,4,6-7H2,1-2H3/t9-/m0/s1. The van der Waals surface area contributed by atoms with E-state index in [1.54, 1.807) is 4.90 Å². The second-order valence-electron chi connectivity index (χ2n) is 6.01. The smallest absolute Gasteiger partial charge is 0.278 e. The van der Waals surface area contributed by atoms with E-state index < -0.39 is 11.2 Å². The van der Waals surface area contributed by atoms with Crippen LogP contribution in [0, 0.1) is 5.41 Å². The molecule has 0 saturated carbocycles. The van der Waals surface area contributed by atoms with Gasteiger partial charge >= 0.3 is 0 Å². The molecule has 2 N–H and O–H groups in total. The first-order valence-corrected chi connectivity index (χ1v) is 6.41. The summed E-state index contributed by atoms with van der Waals surface area (Å²) in [6, 6.07) is 1.25. The van der Waals surface area contributed by atoms with Crippen molar-refractivity contribution < 1.29 is 9.90 Å². The third-order valence-corrected chi connectivity index (χ3v) is 3.98. The lowest BCUT2D eigenvalue weighted by molar-refractivity contribution is 0.0396. The zero-order valence-electron chi connectivity index (χ0n) is 11.0. The van der Waals surface area contributed by atoms with Crippen molar-refractivity contribution in [2.24, 2.45) is 5.41 Å². The molecule has 1 atom stereocenters. The van der Waals surface area contributed by atoms with Gasteiger partial charge in [-0.2, -0.15) is 0 Å². The summed E-state index contributed by atoms with van der Waals surface area (Å²) in [4.78, 5) is 25.5. The minimum Gasteiger partial charge on any atom is -0.502 e. The third-order valence-electron chi connectivity index (χ3n) is 3.98. The maximum Gasteiger partial charge on any atom is 0.278 e. The second kappa shape index (κ2) is 3.76. The molecule has 1 aromatic heterocycles. The number of carbonyl (C=O) groups is 1. The molecule has 1 aromatic rings. The van der Waals surface area contributed by atoms with Gasteiger partial charge in [0.2, 0.25) is 5.43 Å². The molecule has 6 heteroatoms. The van der Waals surface area contributed by atoms with Crippen LogP contribution in [0.5, 0.6) is 5.75 Å². The average Bonchev–Trinajstić information content (AvgIpc) is 2.32. The maximum atomic E-state index is 12.4. The molecule has 0 aromatic carbocycles. The van der Waals surface area contributed by atoms with Gasteiger partial charge in [-0.25, -0.2) is 0 Å². The van der Waals surface area contributed by atoms with Gasteiger partial charge < -0.3 is 15.4 Å². The zero-order valence-corrected chi connectivity index (χ0v) is 11.0. The number of fused-ring (bicyclic) bond motifs is 2. The van der Waals surface area contributed by atoms with Gasteiger partial charge in [-0.15, -0.1) is 0 Å². The minimum absolute atomic E-state index is 0.0310. The van der Waals surface area contributed by atoms with Crippen LogP contribution in [-0.4, -0.2) is 33.3 Å². The van der Waals surface area contributed by atoms with Gasteiger partial charge in [0.15, 0.2) is 11.4 Å². The largest absolute Gasteiger partial charge is 0.502 e. The van der Waals surface area contributed by atoms with Crippen LogP contribution >= 0.6 is 0 Å². The molecule has 0 radical (unpaired) electrons. The molecule has 19 heavy (non-hydrogen) atoms. The van der Waals surface area contributed by atoms with Crippen molar-refractivity contribution in [3.63, 3.8) is 0 Å². The summed E-state index contributed by atoms with van der Waals surface area (Å²) >= 11 is 0. The highest BCUT2D eigenvalue weighted by Gasteiger charge is 2.41. The van der Waals surface area contributed by atoms with E-state index >= 15 is 0 Å². The van der Waals surface area contributed by atoms with E-state index in [0.29, 0.717) is 6.54 Å². The third kappa shape index (κ3) is 1.78. The molecule has 0 bridgehead atoms. The highest BCUT2D eigenvalue weighted by Crippen LogP contribution is 2.35. The molecule has 0 spiro atoms. The molecule has 1 amide bonds. The van der Waals surface area contributed by atoms with E-state index in [1.165, 1.54) is 16.9 Å². The van der Waals surface area contributed by atoms with E-state index in [-0.39, 0.29) is 23.2 Å². The lowest BCUT2D eigenvalue weighted by Gasteiger charge is -2.46. The molecular formula is C13H17N3O3. The quantitative estimate of drug-likeness (QED) is 0.722. The number of hydrogen-bond donors (Lipinski definition) is 2. The monoisotopic (exact) mass is 263 g/mol. The Morgan fingerprint density at radius 3 is 2.89 bits per heavy atom. The van der Waals surface area contributed by atoms with Crippen LogP contribution in [0.3, 0.4) is 0 Å². The van der Waals surface area contributed by atoms with Gasteiger partial charge in [-0.05, 0) is 18.3 Å². The zero-order chi connectivity index (χ0) is 13.8. The summed E-state index contributed by atoms with van der Waals surface area (Å²) in [6.07, 6.45) is 3.15. The van der Waals surface area contributed by atoms with E-state index in [9.17, 15) is 14.7 Å². The first-order chi connectivity index (χ1) is 8.89. The molecule has 3 heterocycles. The van der Waals surface area contributed by atoms with E-state index in [1.807, 2.05) is 0 Å². The van der Waals surface area contributed by atoms with Crippen molar-refractivity contribution in [2.75, 3.05) is 12.0 Å². The van der Waals surface area contributed by atoms with Gasteiger partial charge in [0, 0.05) is 18.8 Å². The molecule has 1 fully saturated rings. The maximum absolute atomic E-state index is 12.4. The Morgan fingerprint density at radius 2 is 2.16 bits per heavy atom. The number of rotatable bonds is 0. The van der Waals surface area contributed by atoms with Crippen molar-refractivity contribution in [1.29, 1.82) is 0 Å². The lowest BCUT2D eigenvalue weighted by atomic mass is 9.80. The Labute approximate surface area is 110 Å². The molecule has 6 nitrogen and oxygen atoms in total. The van der Waals surface area contributed by atoms with Gasteiger partial charge in [0.05, 0.1) is 0 Å². The molecule has 102 valence electrons. The summed E-state index contributed by atoms with van der Waals surface area (Å²) < 4.78 is 1.46. The highest BCUT2D eigenvalue weighted by molar-refractivity contribution is 5.96. The summed E-state index contributed by atoms with van der Waals surface area (Å²) in [5.74, 6) is -0.766. The SMILES string of the molecule is CC1(C)CCN2C(=O)c3c(O)c(=O)ccn3N[C@@H]2C1. The molecule has 1 saturated heterocycles. The summed E-state index contributed by atoms with van der Waals surface area (Å²) in [6.45, 7) is 4.98. The van der Waals surface area contributed by atoms with Crippen molar-refractivity contribution >= 4 is 5.91 Å². The van der Waals surface area contributed by atoms with Crippen molar-refractivity contribution in [2.45, 2.75) is 32.9 Å². The van der Waals surface area contributed by atoms with E-state index in [0.717, 1.165) is 12.8 Å². The normalized spacial score (nSPS) is 24.4. The topological polar surface area (TPSA) is 74.6 Å². The van der Waals surface area contributed by atoms with Crippen LogP contribution in [0.15, 0.2) is 17.1 Å². The summed E-state index contributed by atoms with van der Waals surface area (Å²) in [5.41, 5.74) is 2.85. The highest BCUT2D eigenvalue weighted by atomic mass is 16.3. The Bertz CT molecular complexity index is 606. The fraction of sp³-hybridized carbons (Fsp3) is 0.538. The summed E-state index contributed by atoms with van der Waals surface area (Å²) in [5, 5.41) is 9.79. The number of aromatic nitrogens is 1. The van der Waals surface area contributed by atoms with Crippen LogP contribution in [0.25, 0.3) is 0 Å². The number of nitrogens with zero attached hydrogens (tertiary/aromatic N) is 2. The number of pyridine rings is 1. The molecule has 3 rings (SSSR count). The molecule has 2 aliphatic rings. The van der Waals surface area contributed by atoms with Crippen molar-refractivity contribution in [3.8, 4) is 5.75 Å². The predicted octanol–water partition coefficient (Wildman–Crippen LogP) is 0.699. The molecular weight excluding hydrogens is 246 g/mol. The van der Waals surface area contributed by atoms with Gasteiger partial charge in [-0.1, -0.05) is 13.8 Å². The fourth-order valence-corrected chi connectivity index (χ4v) is 2.81. The van der Waals surface area contributed by atoms with Gasteiger partial charge in [0.25, 0.3) is 5.91 Å². The Hall–Kier alpha value is -1.98. The van der Waals surface area contributed by atoms with Crippen LogP contribution in [0.2, 0.25) is 0 Å². The number of hydrogen-bond acceptors (Lipinski definition) is 4. The van der Waals surface area contributed by atoms with Crippen LogP contribution in [0.1, 0.15) is 37.2 Å². The minimum atomic E-state index is -0.530. The second-order valence-corrected chi connectivity index (χ2v) is 6.01. The van der Waals surface area contributed by atoms with Crippen LogP contribution in [0.4, 0.5) is 0 Å². The number of aromatic hydroxyl groups is 1. The first kappa shape index (κ1) is 12.1. The number of piperidine rings is 1. The van der Waals surface area contributed by atoms with Gasteiger partial charge in [-0.3, -0.25) is 14.3 Å². The molecule has 0 unspecified atom stereocenters. The molecule has 0 aliphatic carbocycles. The first-order valence-electron chi connectivity index (χ1n) is 6.41. The average molecular weight is 263 g/mol. The number of nitrogens with one attached hydrogen (secondary N) is 1. The Morgan fingerprint density at radius 1 is 1.42 bits per heavy atom. The van der Waals surface area contributed by atoms with E-state index in [2.05, 4.69) is 19.3 Å². The van der Waals surface area contributed by atoms with Crippen LogP contribution in [-0.2, 0) is 0 Å². The predicted molar refractivity (Wildman–Crippen MR) is 69.6 cm³/mol. The molecule has 2 aliphatic heterocycles.